The predicted octanol–water partition coefficient (Wildman–Crippen LogP) is 1.73. The average Bonchev–Trinajstić information content (AvgIpc) is 2.72. The minimum atomic E-state index is -4.46. The van der Waals surface area contributed by atoms with Gasteiger partial charge in [0.2, 0.25) is 0 Å². The van der Waals surface area contributed by atoms with Crippen LogP contribution in [-0.4, -0.2) is 30.2 Å². The quantitative estimate of drug-likeness (QED) is 0.845. The van der Waals surface area contributed by atoms with E-state index >= 15 is 0 Å². The first-order chi connectivity index (χ1) is 8.10. The van der Waals surface area contributed by atoms with Crippen LogP contribution in [0.3, 0.4) is 0 Å². The number of hydrogen-bond donors (Lipinski definition) is 0. The highest BCUT2D eigenvalue weighted by molar-refractivity contribution is 7.90. The lowest BCUT2D eigenvalue weighted by atomic mass is 10.1. The summed E-state index contributed by atoms with van der Waals surface area (Å²) >= 11 is 0. The van der Waals surface area contributed by atoms with Crippen molar-refractivity contribution >= 4 is 9.84 Å². The van der Waals surface area contributed by atoms with Crippen molar-refractivity contribution < 1.29 is 21.6 Å². The van der Waals surface area contributed by atoms with Crippen LogP contribution in [0.4, 0.5) is 13.2 Å². The van der Waals surface area contributed by atoms with Crippen molar-refractivity contribution in [3.63, 3.8) is 0 Å². The van der Waals surface area contributed by atoms with Gasteiger partial charge >= 0.3 is 6.18 Å². The van der Waals surface area contributed by atoms with Crippen LogP contribution in [0.2, 0.25) is 0 Å². The SMILES string of the molecule is CS(=O)(=O)CC1(Cn2ccc(C(F)(F)F)n2)CC1. The van der Waals surface area contributed by atoms with Crippen LogP contribution >= 0.6 is 0 Å². The van der Waals surface area contributed by atoms with E-state index in [0.29, 0.717) is 12.8 Å². The number of halogens is 3. The van der Waals surface area contributed by atoms with Gasteiger partial charge in [0.15, 0.2) is 5.69 Å². The Bertz CT molecular complexity index is 544. The molecule has 4 nitrogen and oxygen atoms in total. The standard InChI is InChI=1S/C10H13F3N2O2S/c1-18(16,17)7-9(3-4-9)6-15-5-2-8(14-15)10(11,12)13/h2,5H,3-4,6-7H2,1H3. The van der Waals surface area contributed by atoms with Gasteiger partial charge in [0.25, 0.3) is 0 Å². The zero-order valence-electron chi connectivity index (χ0n) is 9.74. The number of sulfone groups is 1. The molecule has 0 saturated heterocycles. The summed E-state index contributed by atoms with van der Waals surface area (Å²) in [6.45, 7) is 0.218. The fraction of sp³-hybridized carbons (Fsp3) is 0.700. The summed E-state index contributed by atoms with van der Waals surface area (Å²) < 4.78 is 60.7. The molecule has 8 heteroatoms. The van der Waals surface area contributed by atoms with E-state index in [1.165, 1.54) is 10.9 Å². The Hall–Kier alpha value is -1.05. The molecule has 1 fully saturated rings. The number of rotatable bonds is 4. The third kappa shape index (κ3) is 3.24. The molecule has 0 atom stereocenters. The molecule has 1 aliphatic carbocycles. The average molecular weight is 282 g/mol. The molecule has 0 amide bonds. The summed E-state index contributed by atoms with van der Waals surface area (Å²) in [6, 6.07) is 0.899. The monoisotopic (exact) mass is 282 g/mol. The summed E-state index contributed by atoms with van der Waals surface area (Å²) in [6.07, 6.45) is -0.663. The second kappa shape index (κ2) is 3.97. The third-order valence-corrected chi connectivity index (χ3v) is 4.09. The van der Waals surface area contributed by atoms with E-state index in [4.69, 9.17) is 0 Å². The normalized spacial score (nSPS) is 18.9. The highest BCUT2D eigenvalue weighted by Crippen LogP contribution is 2.48. The van der Waals surface area contributed by atoms with Crippen molar-refractivity contribution in [3.05, 3.63) is 18.0 Å². The number of aromatic nitrogens is 2. The van der Waals surface area contributed by atoms with Crippen molar-refractivity contribution in [1.82, 2.24) is 9.78 Å². The largest absolute Gasteiger partial charge is 0.435 e. The number of hydrogen-bond acceptors (Lipinski definition) is 3. The van der Waals surface area contributed by atoms with Crippen molar-refractivity contribution in [2.75, 3.05) is 12.0 Å². The van der Waals surface area contributed by atoms with Gasteiger partial charge in [0.05, 0.1) is 5.75 Å². The molecule has 102 valence electrons. The third-order valence-electron chi connectivity index (χ3n) is 2.95. The van der Waals surface area contributed by atoms with Crippen LogP contribution in [0.5, 0.6) is 0 Å². The van der Waals surface area contributed by atoms with Crippen LogP contribution < -0.4 is 0 Å². The molecule has 1 saturated carbocycles. The minimum absolute atomic E-state index is 0.00120. The van der Waals surface area contributed by atoms with E-state index in [0.717, 1.165) is 12.3 Å². The highest BCUT2D eigenvalue weighted by Gasteiger charge is 2.46. The second-order valence-electron chi connectivity index (χ2n) is 4.97. The molecule has 0 aliphatic heterocycles. The molecule has 1 aliphatic rings. The minimum Gasteiger partial charge on any atom is -0.272 e. The molecule has 2 rings (SSSR count). The Morgan fingerprint density at radius 2 is 2.06 bits per heavy atom. The van der Waals surface area contributed by atoms with E-state index < -0.39 is 27.1 Å². The lowest BCUT2D eigenvalue weighted by Gasteiger charge is -2.13. The molecule has 1 heterocycles. The number of alkyl halides is 3. The van der Waals surface area contributed by atoms with Crippen LogP contribution in [0.15, 0.2) is 12.3 Å². The molecule has 0 aromatic carbocycles. The fourth-order valence-corrected chi connectivity index (χ4v) is 3.52. The Balaban J connectivity index is 2.09. The van der Waals surface area contributed by atoms with Crippen molar-refractivity contribution in [1.29, 1.82) is 0 Å². The summed E-state index contributed by atoms with van der Waals surface area (Å²) in [5.74, 6) is 0.00120. The molecular weight excluding hydrogens is 269 g/mol. The first-order valence-electron chi connectivity index (χ1n) is 5.38. The second-order valence-corrected chi connectivity index (χ2v) is 7.11. The van der Waals surface area contributed by atoms with Gasteiger partial charge < -0.3 is 0 Å². The molecule has 0 N–H and O–H groups in total. The Kier molecular flexibility index (Phi) is 2.95. The van der Waals surface area contributed by atoms with Crippen LogP contribution in [0, 0.1) is 5.41 Å². The van der Waals surface area contributed by atoms with E-state index in [1.54, 1.807) is 0 Å². The van der Waals surface area contributed by atoms with Gasteiger partial charge in [-0.3, -0.25) is 4.68 Å². The summed E-state index contributed by atoms with van der Waals surface area (Å²) in [7, 11) is -3.12. The van der Waals surface area contributed by atoms with E-state index in [1.807, 2.05) is 0 Å². The van der Waals surface area contributed by atoms with Crippen LogP contribution in [0.25, 0.3) is 0 Å². The number of nitrogens with zero attached hydrogens (tertiary/aromatic N) is 2. The van der Waals surface area contributed by atoms with Crippen LogP contribution in [-0.2, 0) is 22.6 Å². The smallest absolute Gasteiger partial charge is 0.272 e. The topological polar surface area (TPSA) is 52.0 Å². The maximum Gasteiger partial charge on any atom is 0.435 e. The van der Waals surface area contributed by atoms with Gasteiger partial charge in [-0.2, -0.15) is 18.3 Å². The summed E-state index contributed by atoms with van der Waals surface area (Å²) in [4.78, 5) is 0. The molecule has 18 heavy (non-hydrogen) atoms. The maximum atomic E-state index is 12.3. The molecular formula is C10H13F3N2O2S. The Morgan fingerprint density at radius 1 is 1.44 bits per heavy atom. The Labute approximate surface area is 103 Å². The van der Waals surface area contributed by atoms with Crippen molar-refractivity contribution in [2.24, 2.45) is 5.41 Å². The van der Waals surface area contributed by atoms with E-state index in [9.17, 15) is 21.6 Å². The predicted molar refractivity (Wildman–Crippen MR) is 58.6 cm³/mol. The molecule has 0 bridgehead atoms. The van der Waals surface area contributed by atoms with Crippen molar-refractivity contribution in [2.45, 2.75) is 25.6 Å². The lowest BCUT2D eigenvalue weighted by molar-refractivity contribution is -0.141. The van der Waals surface area contributed by atoms with Crippen LogP contribution in [0.1, 0.15) is 18.5 Å². The van der Waals surface area contributed by atoms with Crippen molar-refractivity contribution in [3.8, 4) is 0 Å². The summed E-state index contributed by atoms with van der Waals surface area (Å²) in [5, 5.41) is 3.43. The molecule has 1 aromatic rings. The zero-order chi connectivity index (χ0) is 13.6. The van der Waals surface area contributed by atoms with Gasteiger partial charge in [-0.25, -0.2) is 8.42 Å². The van der Waals surface area contributed by atoms with Gasteiger partial charge in [-0.1, -0.05) is 0 Å². The zero-order valence-corrected chi connectivity index (χ0v) is 10.6. The molecule has 0 unspecified atom stereocenters. The van der Waals surface area contributed by atoms with Gasteiger partial charge in [0.1, 0.15) is 9.84 Å². The van der Waals surface area contributed by atoms with Gasteiger partial charge in [-0.05, 0) is 18.9 Å². The van der Waals surface area contributed by atoms with E-state index in [2.05, 4.69) is 5.10 Å². The molecule has 1 aromatic heterocycles. The van der Waals surface area contributed by atoms with Gasteiger partial charge in [0, 0.05) is 24.4 Å². The maximum absolute atomic E-state index is 12.3. The highest BCUT2D eigenvalue weighted by atomic mass is 32.2. The Morgan fingerprint density at radius 3 is 2.44 bits per heavy atom. The fourth-order valence-electron chi connectivity index (χ4n) is 2.03. The lowest BCUT2D eigenvalue weighted by Crippen LogP contribution is -2.22. The molecule has 0 spiro atoms. The molecule has 0 radical (unpaired) electrons. The summed E-state index contributed by atoms with van der Waals surface area (Å²) in [5.41, 5.74) is -1.37. The first-order valence-corrected chi connectivity index (χ1v) is 7.44. The van der Waals surface area contributed by atoms with E-state index in [-0.39, 0.29) is 12.3 Å². The first kappa shape index (κ1) is 13.4. The van der Waals surface area contributed by atoms with Gasteiger partial charge in [-0.15, -0.1) is 0 Å².